The van der Waals surface area contributed by atoms with Crippen molar-refractivity contribution in [3.63, 3.8) is 0 Å². The molecule has 1 N–H and O–H groups in total. The molecule has 0 amide bonds. The van der Waals surface area contributed by atoms with Crippen LogP contribution in [0.4, 0.5) is 13.2 Å². The molecule has 1 aromatic heterocycles. The molecule has 1 aliphatic rings. The molecule has 0 saturated carbocycles. The molecular weight excluding hydrogens is 297 g/mol. The van der Waals surface area contributed by atoms with Crippen molar-refractivity contribution in [2.24, 2.45) is 0 Å². The summed E-state index contributed by atoms with van der Waals surface area (Å²) >= 11 is 0. The van der Waals surface area contributed by atoms with Gasteiger partial charge in [0.1, 0.15) is 11.9 Å². The van der Waals surface area contributed by atoms with Crippen molar-refractivity contribution in [1.82, 2.24) is 9.55 Å². The summed E-state index contributed by atoms with van der Waals surface area (Å²) in [7, 11) is 0. The topological polar surface area (TPSA) is 47.3 Å². The van der Waals surface area contributed by atoms with Crippen LogP contribution in [-0.4, -0.2) is 27.9 Å². The van der Waals surface area contributed by atoms with Crippen molar-refractivity contribution >= 4 is 11.0 Å². The SMILES string of the molecule is OCCCn1c(C2CCCO2)nc2cc(C(F)(F)F)ccc21. The number of fused-ring (bicyclic) bond motifs is 1. The molecule has 2 aromatic rings. The number of aryl methyl sites for hydroxylation is 1. The molecule has 0 bridgehead atoms. The molecule has 1 unspecified atom stereocenters. The Balaban J connectivity index is 2.07. The van der Waals surface area contributed by atoms with Gasteiger partial charge in [-0.15, -0.1) is 0 Å². The molecule has 4 nitrogen and oxygen atoms in total. The number of aromatic nitrogens is 2. The fourth-order valence-corrected chi connectivity index (χ4v) is 2.82. The fourth-order valence-electron chi connectivity index (χ4n) is 2.82. The summed E-state index contributed by atoms with van der Waals surface area (Å²) in [6.45, 7) is 1.17. The van der Waals surface area contributed by atoms with Gasteiger partial charge in [-0.25, -0.2) is 4.98 Å². The molecule has 0 spiro atoms. The number of halogens is 3. The summed E-state index contributed by atoms with van der Waals surface area (Å²) in [5, 5.41) is 9.03. The van der Waals surface area contributed by atoms with Gasteiger partial charge in [0, 0.05) is 19.8 Å². The van der Waals surface area contributed by atoms with Crippen LogP contribution in [0.3, 0.4) is 0 Å². The first-order valence-corrected chi connectivity index (χ1v) is 7.30. The Morgan fingerprint density at radius 2 is 2.18 bits per heavy atom. The van der Waals surface area contributed by atoms with Crippen LogP contribution in [-0.2, 0) is 17.5 Å². The van der Waals surface area contributed by atoms with E-state index < -0.39 is 11.7 Å². The average Bonchev–Trinajstić information content (AvgIpc) is 3.10. The van der Waals surface area contributed by atoms with Crippen molar-refractivity contribution in [2.75, 3.05) is 13.2 Å². The minimum atomic E-state index is -4.38. The monoisotopic (exact) mass is 314 g/mol. The molecule has 2 heterocycles. The molecule has 0 aliphatic carbocycles. The number of aliphatic hydroxyl groups excluding tert-OH is 1. The van der Waals surface area contributed by atoms with E-state index in [0.717, 1.165) is 25.0 Å². The Labute approximate surface area is 125 Å². The molecule has 7 heteroatoms. The zero-order valence-corrected chi connectivity index (χ0v) is 11.9. The first-order chi connectivity index (χ1) is 10.5. The minimum Gasteiger partial charge on any atom is -0.396 e. The number of imidazole rings is 1. The highest BCUT2D eigenvalue weighted by atomic mass is 19.4. The summed E-state index contributed by atoms with van der Waals surface area (Å²) in [4.78, 5) is 4.38. The highest BCUT2D eigenvalue weighted by Crippen LogP contribution is 2.34. The molecule has 22 heavy (non-hydrogen) atoms. The number of benzene rings is 1. The molecule has 1 saturated heterocycles. The summed E-state index contributed by atoms with van der Waals surface area (Å²) in [6.07, 6.45) is -2.31. The van der Waals surface area contributed by atoms with Gasteiger partial charge in [-0.3, -0.25) is 0 Å². The van der Waals surface area contributed by atoms with E-state index >= 15 is 0 Å². The number of rotatable bonds is 4. The van der Waals surface area contributed by atoms with Gasteiger partial charge in [-0.1, -0.05) is 0 Å². The van der Waals surface area contributed by atoms with Gasteiger partial charge in [0.05, 0.1) is 16.6 Å². The van der Waals surface area contributed by atoms with Gasteiger partial charge in [0.2, 0.25) is 0 Å². The lowest BCUT2D eigenvalue weighted by Crippen LogP contribution is -2.09. The van der Waals surface area contributed by atoms with E-state index in [4.69, 9.17) is 9.84 Å². The second-order valence-corrected chi connectivity index (χ2v) is 5.40. The van der Waals surface area contributed by atoms with Gasteiger partial charge < -0.3 is 14.4 Å². The summed E-state index contributed by atoms with van der Waals surface area (Å²) < 4.78 is 46.0. The van der Waals surface area contributed by atoms with Crippen LogP contribution in [0.5, 0.6) is 0 Å². The second kappa shape index (κ2) is 5.89. The predicted octanol–water partition coefficient (Wildman–Crippen LogP) is 3.29. The summed E-state index contributed by atoms with van der Waals surface area (Å²) in [5.41, 5.74) is 0.260. The van der Waals surface area contributed by atoms with Crippen LogP contribution in [0, 0.1) is 0 Å². The third kappa shape index (κ3) is 2.83. The van der Waals surface area contributed by atoms with E-state index in [-0.39, 0.29) is 12.7 Å². The Hall–Kier alpha value is -1.60. The highest BCUT2D eigenvalue weighted by molar-refractivity contribution is 5.77. The van der Waals surface area contributed by atoms with Crippen LogP contribution in [0.2, 0.25) is 0 Å². The third-order valence-corrected chi connectivity index (χ3v) is 3.86. The molecule has 1 aromatic carbocycles. The van der Waals surface area contributed by atoms with Gasteiger partial charge in [-0.2, -0.15) is 13.2 Å². The molecule has 1 fully saturated rings. The maximum atomic E-state index is 12.8. The lowest BCUT2D eigenvalue weighted by molar-refractivity contribution is -0.137. The largest absolute Gasteiger partial charge is 0.416 e. The normalized spacial score (nSPS) is 19.2. The van der Waals surface area contributed by atoms with Crippen LogP contribution < -0.4 is 0 Å². The van der Waals surface area contributed by atoms with Crippen molar-refractivity contribution in [3.8, 4) is 0 Å². The van der Waals surface area contributed by atoms with Crippen LogP contribution >= 0.6 is 0 Å². The van der Waals surface area contributed by atoms with E-state index in [9.17, 15) is 13.2 Å². The Morgan fingerprint density at radius 1 is 1.36 bits per heavy atom. The maximum Gasteiger partial charge on any atom is 0.416 e. The van der Waals surface area contributed by atoms with Crippen molar-refractivity contribution < 1.29 is 23.0 Å². The van der Waals surface area contributed by atoms with Crippen molar-refractivity contribution in [1.29, 1.82) is 0 Å². The number of alkyl halides is 3. The number of nitrogens with zero attached hydrogens (tertiary/aromatic N) is 2. The highest BCUT2D eigenvalue weighted by Gasteiger charge is 2.32. The van der Waals surface area contributed by atoms with Crippen LogP contribution in [0.1, 0.15) is 36.8 Å². The molecule has 1 atom stereocenters. The van der Waals surface area contributed by atoms with Crippen LogP contribution in [0.15, 0.2) is 18.2 Å². The van der Waals surface area contributed by atoms with E-state index in [2.05, 4.69) is 4.98 Å². The number of hydrogen-bond acceptors (Lipinski definition) is 3. The lowest BCUT2D eigenvalue weighted by Gasteiger charge is -2.13. The standard InChI is InChI=1S/C15H17F3N2O2/c16-15(17,18)10-4-5-12-11(9-10)19-14(13-3-1-8-22-13)20(12)6-2-7-21/h4-5,9,13,21H,1-3,6-8H2. The number of aliphatic hydroxyl groups is 1. The number of ether oxygens (including phenoxy) is 1. The smallest absolute Gasteiger partial charge is 0.396 e. The maximum absolute atomic E-state index is 12.8. The quantitative estimate of drug-likeness (QED) is 0.942. The number of hydrogen-bond donors (Lipinski definition) is 1. The zero-order valence-electron chi connectivity index (χ0n) is 11.9. The van der Waals surface area contributed by atoms with E-state index in [1.165, 1.54) is 6.07 Å². The summed E-state index contributed by atoms with van der Waals surface area (Å²) in [6, 6.07) is 3.59. The fraction of sp³-hybridized carbons (Fsp3) is 0.533. The third-order valence-electron chi connectivity index (χ3n) is 3.86. The van der Waals surface area contributed by atoms with E-state index in [1.54, 1.807) is 0 Å². The van der Waals surface area contributed by atoms with Gasteiger partial charge >= 0.3 is 6.18 Å². The van der Waals surface area contributed by atoms with Crippen LogP contribution in [0.25, 0.3) is 11.0 Å². The average molecular weight is 314 g/mol. The first kappa shape index (κ1) is 15.3. The zero-order chi connectivity index (χ0) is 15.7. The second-order valence-electron chi connectivity index (χ2n) is 5.40. The molecule has 3 rings (SSSR count). The molecule has 0 radical (unpaired) electrons. The predicted molar refractivity (Wildman–Crippen MR) is 74.4 cm³/mol. The van der Waals surface area contributed by atoms with Gasteiger partial charge in [0.25, 0.3) is 0 Å². The first-order valence-electron chi connectivity index (χ1n) is 7.30. The van der Waals surface area contributed by atoms with Crippen molar-refractivity contribution in [2.45, 2.75) is 38.1 Å². The van der Waals surface area contributed by atoms with E-state index in [0.29, 0.717) is 36.4 Å². The Kier molecular flexibility index (Phi) is 4.10. The van der Waals surface area contributed by atoms with E-state index in [1.807, 2.05) is 4.57 Å². The molecule has 1 aliphatic heterocycles. The molecular formula is C15H17F3N2O2. The minimum absolute atomic E-state index is 0.0191. The molecule has 120 valence electrons. The Morgan fingerprint density at radius 3 is 2.82 bits per heavy atom. The van der Waals surface area contributed by atoms with Crippen molar-refractivity contribution in [3.05, 3.63) is 29.6 Å². The Bertz CT molecular complexity index is 661. The van der Waals surface area contributed by atoms with Gasteiger partial charge in [-0.05, 0) is 37.5 Å². The summed E-state index contributed by atoms with van der Waals surface area (Å²) in [5.74, 6) is 0.653. The van der Waals surface area contributed by atoms with Gasteiger partial charge in [0.15, 0.2) is 0 Å². The lowest BCUT2D eigenvalue weighted by atomic mass is 10.2.